The van der Waals surface area contributed by atoms with Crippen LogP contribution in [0.25, 0.3) is 10.2 Å². The van der Waals surface area contributed by atoms with E-state index in [1.807, 2.05) is 0 Å². The highest BCUT2D eigenvalue weighted by Gasteiger charge is 2.30. The van der Waals surface area contributed by atoms with E-state index < -0.39 is 12.6 Å². The Morgan fingerprint density at radius 2 is 1.89 bits per heavy atom. The van der Waals surface area contributed by atoms with Crippen molar-refractivity contribution in [2.24, 2.45) is 0 Å². The molecule has 0 atom stereocenters. The number of thiophene rings is 1. The molecule has 7 heteroatoms. The highest BCUT2D eigenvalue weighted by atomic mass is 35.5. The first-order valence-electron chi connectivity index (χ1n) is 5.97. The number of nitrogens with zero attached hydrogens (tertiary/aromatic N) is 2. The predicted octanol–water partition coefficient (Wildman–Crippen LogP) is 4.33. The molecule has 0 N–H and O–H groups in total. The third-order valence-electron chi connectivity index (χ3n) is 3.18. The van der Waals surface area contributed by atoms with Crippen LogP contribution in [0.1, 0.15) is 29.1 Å². The van der Waals surface area contributed by atoms with Crippen LogP contribution in [0.2, 0.25) is 5.15 Å². The lowest BCUT2D eigenvalue weighted by Crippen LogP contribution is -2.14. The number of alkyl halides is 3. The molecular formula is C12H10ClF3N2S. The second kappa shape index (κ2) is 4.59. The summed E-state index contributed by atoms with van der Waals surface area (Å²) < 4.78 is 37.1. The van der Waals surface area contributed by atoms with E-state index in [1.54, 1.807) is 0 Å². The van der Waals surface area contributed by atoms with E-state index >= 15 is 0 Å². The molecule has 2 aromatic heterocycles. The molecule has 2 nitrogen and oxygen atoms in total. The van der Waals surface area contributed by atoms with Crippen molar-refractivity contribution in [3.05, 3.63) is 21.4 Å². The molecule has 2 aromatic rings. The average Bonchev–Trinajstić information content (AvgIpc) is 2.64. The zero-order valence-corrected chi connectivity index (χ0v) is 11.4. The Bertz CT molecular complexity index is 636. The molecule has 1 aliphatic rings. The standard InChI is InChI=1S/C12H10ClF3N2S/c13-10-9-6-3-1-2-4-7(6)19-11(9)18-8(17-10)5-12(14,15)16/h1-5H2. The third kappa shape index (κ3) is 2.56. The van der Waals surface area contributed by atoms with Gasteiger partial charge in [-0.25, -0.2) is 9.97 Å². The molecule has 3 rings (SSSR count). The van der Waals surface area contributed by atoms with Crippen LogP contribution in [0.5, 0.6) is 0 Å². The Balaban J connectivity index is 2.11. The van der Waals surface area contributed by atoms with Gasteiger partial charge in [-0.15, -0.1) is 11.3 Å². The summed E-state index contributed by atoms with van der Waals surface area (Å²) in [6.07, 6.45) is -1.38. The van der Waals surface area contributed by atoms with E-state index in [9.17, 15) is 13.2 Å². The van der Waals surface area contributed by atoms with Gasteiger partial charge in [0.15, 0.2) is 0 Å². The number of aryl methyl sites for hydroxylation is 2. The van der Waals surface area contributed by atoms with Crippen molar-refractivity contribution in [2.45, 2.75) is 38.3 Å². The summed E-state index contributed by atoms with van der Waals surface area (Å²) in [6.45, 7) is 0. The smallest absolute Gasteiger partial charge is 0.222 e. The number of halogens is 4. The van der Waals surface area contributed by atoms with Gasteiger partial charge in [0.1, 0.15) is 22.2 Å². The second-order valence-electron chi connectivity index (χ2n) is 4.61. The van der Waals surface area contributed by atoms with E-state index in [0.717, 1.165) is 36.6 Å². The van der Waals surface area contributed by atoms with Gasteiger partial charge in [0.2, 0.25) is 0 Å². The zero-order valence-electron chi connectivity index (χ0n) is 9.85. The highest BCUT2D eigenvalue weighted by Crippen LogP contribution is 2.38. The van der Waals surface area contributed by atoms with Crippen molar-refractivity contribution in [2.75, 3.05) is 0 Å². The Hall–Kier alpha value is -0.880. The maximum atomic E-state index is 12.4. The fraction of sp³-hybridized carbons (Fsp3) is 0.500. The molecule has 2 heterocycles. The van der Waals surface area contributed by atoms with Gasteiger partial charge in [-0.05, 0) is 31.2 Å². The van der Waals surface area contributed by atoms with E-state index in [2.05, 4.69) is 9.97 Å². The van der Waals surface area contributed by atoms with Crippen LogP contribution in [-0.4, -0.2) is 16.1 Å². The molecule has 102 valence electrons. The molecule has 0 bridgehead atoms. The van der Waals surface area contributed by atoms with Crippen molar-refractivity contribution in [3.63, 3.8) is 0 Å². The topological polar surface area (TPSA) is 25.8 Å². The normalized spacial score (nSPS) is 15.8. The van der Waals surface area contributed by atoms with Crippen LogP contribution in [0, 0.1) is 0 Å². The monoisotopic (exact) mass is 306 g/mol. The summed E-state index contributed by atoms with van der Waals surface area (Å²) in [5, 5.41) is 0.913. The Labute approximate surface area is 116 Å². The Morgan fingerprint density at radius 1 is 1.16 bits per heavy atom. The van der Waals surface area contributed by atoms with E-state index in [-0.39, 0.29) is 11.0 Å². The minimum atomic E-state index is -4.31. The third-order valence-corrected chi connectivity index (χ3v) is 4.63. The van der Waals surface area contributed by atoms with Gasteiger partial charge in [-0.1, -0.05) is 11.6 Å². The lowest BCUT2D eigenvalue weighted by molar-refractivity contribution is -0.128. The zero-order chi connectivity index (χ0) is 13.6. The number of hydrogen-bond donors (Lipinski definition) is 0. The summed E-state index contributed by atoms with van der Waals surface area (Å²) in [4.78, 5) is 9.62. The first-order valence-corrected chi connectivity index (χ1v) is 7.17. The van der Waals surface area contributed by atoms with E-state index in [1.165, 1.54) is 16.2 Å². The largest absolute Gasteiger partial charge is 0.396 e. The first kappa shape index (κ1) is 13.1. The molecule has 0 fully saturated rings. The number of hydrogen-bond acceptors (Lipinski definition) is 3. The fourth-order valence-electron chi connectivity index (χ4n) is 2.41. The summed E-state index contributed by atoms with van der Waals surface area (Å²) in [5.74, 6) is -0.247. The number of rotatable bonds is 1. The molecule has 0 amide bonds. The Kier molecular flexibility index (Phi) is 3.17. The van der Waals surface area contributed by atoms with Crippen LogP contribution >= 0.6 is 22.9 Å². The van der Waals surface area contributed by atoms with Gasteiger partial charge in [-0.2, -0.15) is 13.2 Å². The first-order chi connectivity index (χ1) is 8.94. The van der Waals surface area contributed by atoms with Gasteiger partial charge in [-0.3, -0.25) is 0 Å². The Morgan fingerprint density at radius 3 is 2.63 bits per heavy atom. The van der Waals surface area contributed by atoms with Crippen LogP contribution in [-0.2, 0) is 19.3 Å². The van der Waals surface area contributed by atoms with Crippen molar-refractivity contribution >= 4 is 33.2 Å². The number of aromatic nitrogens is 2. The minimum absolute atomic E-state index is 0.156. The van der Waals surface area contributed by atoms with Crippen LogP contribution < -0.4 is 0 Å². The molecule has 0 unspecified atom stereocenters. The predicted molar refractivity (Wildman–Crippen MR) is 68.8 cm³/mol. The van der Waals surface area contributed by atoms with Crippen molar-refractivity contribution < 1.29 is 13.2 Å². The fourth-order valence-corrected chi connectivity index (χ4v) is 4.05. The second-order valence-corrected chi connectivity index (χ2v) is 6.06. The van der Waals surface area contributed by atoms with Gasteiger partial charge < -0.3 is 0 Å². The minimum Gasteiger partial charge on any atom is -0.222 e. The molecule has 0 saturated heterocycles. The van der Waals surface area contributed by atoms with Gasteiger partial charge in [0, 0.05) is 4.88 Å². The molecule has 1 aliphatic carbocycles. The van der Waals surface area contributed by atoms with Gasteiger partial charge >= 0.3 is 6.18 Å². The lowest BCUT2D eigenvalue weighted by atomic mass is 9.97. The highest BCUT2D eigenvalue weighted by molar-refractivity contribution is 7.19. The SMILES string of the molecule is FC(F)(F)Cc1nc(Cl)c2c3c(sc2n1)CCCC3. The maximum absolute atomic E-state index is 12.4. The van der Waals surface area contributed by atoms with Crippen molar-refractivity contribution in [1.82, 2.24) is 9.97 Å². The van der Waals surface area contributed by atoms with Gasteiger partial charge in [0.05, 0.1) is 5.39 Å². The van der Waals surface area contributed by atoms with Crippen LogP contribution in [0.15, 0.2) is 0 Å². The van der Waals surface area contributed by atoms with E-state index in [4.69, 9.17) is 11.6 Å². The molecular weight excluding hydrogens is 297 g/mol. The van der Waals surface area contributed by atoms with Crippen LogP contribution in [0.4, 0.5) is 13.2 Å². The lowest BCUT2D eigenvalue weighted by Gasteiger charge is -2.10. The van der Waals surface area contributed by atoms with Crippen LogP contribution in [0.3, 0.4) is 0 Å². The summed E-state index contributed by atoms with van der Waals surface area (Å²) >= 11 is 7.51. The molecule has 0 saturated carbocycles. The molecule has 0 radical (unpaired) electrons. The quantitative estimate of drug-likeness (QED) is 0.733. The maximum Gasteiger partial charge on any atom is 0.396 e. The average molecular weight is 307 g/mol. The molecule has 19 heavy (non-hydrogen) atoms. The molecule has 0 spiro atoms. The van der Waals surface area contributed by atoms with Gasteiger partial charge in [0.25, 0.3) is 0 Å². The summed E-state index contributed by atoms with van der Waals surface area (Å²) in [7, 11) is 0. The molecule has 0 aliphatic heterocycles. The number of fused-ring (bicyclic) bond motifs is 3. The summed E-state index contributed by atoms with van der Waals surface area (Å²) in [6, 6.07) is 0. The van der Waals surface area contributed by atoms with Crippen molar-refractivity contribution in [3.8, 4) is 0 Å². The van der Waals surface area contributed by atoms with Crippen molar-refractivity contribution in [1.29, 1.82) is 0 Å². The van der Waals surface area contributed by atoms with E-state index in [0.29, 0.717) is 4.83 Å². The summed E-state index contributed by atoms with van der Waals surface area (Å²) in [5.41, 5.74) is 1.13. The molecule has 0 aromatic carbocycles.